The number of halogens is 2. The molecular formula is C28H39Cl2N3O4S. The number of nitrogens with zero attached hydrogens (tertiary/aromatic N) is 2. The van der Waals surface area contributed by atoms with Crippen LogP contribution in [-0.4, -0.2) is 49.5 Å². The second-order valence-electron chi connectivity index (χ2n) is 10.6. The van der Waals surface area contributed by atoms with Gasteiger partial charge in [0.25, 0.3) is 0 Å². The van der Waals surface area contributed by atoms with Gasteiger partial charge in [0, 0.05) is 35.1 Å². The molecule has 0 unspecified atom stereocenters. The third-order valence-corrected chi connectivity index (χ3v) is 8.00. The van der Waals surface area contributed by atoms with Crippen LogP contribution in [0.5, 0.6) is 0 Å². The Morgan fingerprint density at radius 3 is 2.29 bits per heavy atom. The van der Waals surface area contributed by atoms with Crippen LogP contribution in [0.1, 0.15) is 63.6 Å². The van der Waals surface area contributed by atoms with Crippen molar-refractivity contribution in [2.75, 3.05) is 17.1 Å². The zero-order chi connectivity index (χ0) is 28.8. The van der Waals surface area contributed by atoms with Gasteiger partial charge >= 0.3 is 0 Å². The Morgan fingerprint density at radius 2 is 1.74 bits per heavy atom. The molecule has 0 aromatic heterocycles. The van der Waals surface area contributed by atoms with Gasteiger partial charge in [0.15, 0.2) is 0 Å². The molecule has 0 bridgehead atoms. The smallest absolute Gasteiger partial charge is 0.243 e. The fourth-order valence-electron chi connectivity index (χ4n) is 4.19. The number of carbonyl (C=O) groups excluding carboxylic acids is 2. The molecule has 0 radical (unpaired) electrons. The molecule has 10 heteroatoms. The summed E-state index contributed by atoms with van der Waals surface area (Å²) >= 11 is 12.5. The highest BCUT2D eigenvalue weighted by atomic mass is 35.5. The van der Waals surface area contributed by atoms with Crippen molar-refractivity contribution in [2.45, 2.75) is 78.9 Å². The minimum absolute atomic E-state index is 0.0569. The van der Waals surface area contributed by atoms with Crippen molar-refractivity contribution >= 4 is 50.7 Å². The number of amides is 2. The summed E-state index contributed by atoms with van der Waals surface area (Å²) in [4.78, 5) is 28.3. The molecule has 2 rings (SSSR count). The summed E-state index contributed by atoms with van der Waals surface area (Å²) < 4.78 is 26.6. The molecule has 0 aliphatic carbocycles. The van der Waals surface area contributed by atoms with E-state index in [1.807, 2.05) is 53.7 Å². The maximum absolute atomic E-state index is 13.6. The van der Waals surface area contributed by atoms with Crippen molar-refractivity contribution in [3.05, 3.63) is 63.1 Å². The first kappa shape index (κ1) is 31.9. The van der Waals surface area contributed by atoms with Crippen molar-refractivity contribution in [1.29, 1.82) is 0 Å². The molecule has 0 spiro atoms. The summed E-state index contributed by atoms with van der Waals surface area (Å²) in [7, 11) is -3.57. The molecule has 0 fully saturated rings. The lowest BCUT2D eigenvalue weighted by atomic mass is 10.0. The first-order valence-corrected chi connectivity index (χ1v) is 15.2. The maximum atomic E-state index is 13.6. The number of carbonyl (C=O) groups is 2. The number of nitrogens with one attached hydrogen (secondary N) is 1. The fraction of sp³-hybridized carbons (Fsp3) is 0.500. The molecule has 1 atom stereocenters. The maximum Gasteiger partial charge on any atom is 0.243 e. The van der Waals surface area contributed by atoms with E-state index in [0.717, 1.165) is 17.4 Å². The van der Waals surface area contributed by atoms with Crippen LogP contribution in [0.2, 0.25) is 10.0 Å². The standard InChI is InChI=1S/C28H39Cl2N3O4S/c1-8-24(27(35)31-28(4,5)6)32(18-21-14-15-22(29)17-23(21)30)26(34)13-10-16-33(38(7,36)37)25-12-9-11-19(2)20(25)3/h9,11-12,14-15,17,24H,8,10,13,16,18H2,1-7H3,(H,31,35)/t24-/m0/s1. The van der Waals surface area contributed by atoms with Gasteiger partial charge in [-0.05, 0) is 82.3 Å². The van der Waals surface area contributed by atoms with E-state index in [2.05, 4.69) is 5.32 Å². The molecule has 0 saturated carbocycles. The van der Waals surface area contributed by atoms with E-state index in [1.54, 1.807) is 24.3 Å². The number of sulfonamides is 1. The highest BCUT2D eigenvalue weighted by Crippen LogP contribution is 2.27. The molecular weight excluding hydrogens is 545 g/mol. The van der Waals surface area contributed by atoms with E-state index in [0.29, 0.717) is 27.7 Å². The van der Waals surface area contributed by atoms with Gasteiger partial charge in [-0.3, -0.25) is 13.9 Å². The van der Waals surface area contributed by atoms with Gasteiger partial charge in [-0.1, -0.05) is 48.3 Å². The highest BCUT2D eigenvalue weighted by molar-refractivity contribution is 7.92. The molecule has 210 valence electrons. The summed E-state index contributed by atoms with van der Waals surface area (Å²) in [5, 5.41) is 3.84. The Kier molecular flexibility index (Phi) is 11.1. The molecule has 0 saturated heterocycles. The van der Waals surface area contributed by atoms with Crippen molar-refractivity contribution in [2.24, 2.45) is 0 Å². The summed E-state index contributed by atoms with van der Waals surface area (Å²) in [6.45, 7) is 11.6. The van der Waals surface area contributed by atoms with Gasteiger partial charge in [0.1, 0.15) is 6.04 Å². The predicted molar refractivity (Wildman–Crippen MR) is 156 cm³/mol. The van der Waals surface area contributed by atoms with Gasteiger partial charge in [-0.2, -0.15) is 0 Å². The van der Waals surface area contributed by atoms with Gasteiger partial charge in [-0.15, -0.1) is 0 Å². The van der Waals surface area contributed by atoms with Crippen molar-refractivity contribution in [3.8, 4) is 0 Å². The quantitative estimate of drug-likeness (QED) is 0.358. The molecule has 38 heavy (non-hydrogen) atoms. The monoisotopic (exact) mass is 583 g/mol. The second-order valence-corrected chi connectivity index (χ2v) is 13.3. The van der Waals surface area contributed by atoms with E-state index in [4.69, 9.17) is 23.2 Å². The first-order valence-electron chi connectivity index (χ1n) is 12.6. The summed E-state index contributed by atoms with van der Waals surface area (Å²) in [5.41, 5.74) is 2.64. The number of rotatable bonds is 11. The van der Waals surface area contributed by atoms with Crippen molar-refractivity contribution in [1.82, 2.24) is 10.2 Å². The van der Waals surface area contributed by atoms with Gasteiger partial charge in [-0.25, -0.2) is 8.42 Å². The number of aryl methyl sites for hydroxylation is 1. The first-order chi connectivity index (χ1) is 17.5. The van der Waals surface area contributed by atoms with Crippen LogP contribution < -0.4 is 9.62 Å². The molecule has 0 aliphatic rings. The lowest BCUT2D eigenvalue weighted by Crippen LogP contribution is -2.53. The Hall–Kier alpha value is -2.29. The van der Waals surface area contributed by atoms with Crippen LogP contribution in [0, 0.1) is 13.8 Å². The van der Waals surface area contributed by atoms with Gasteiger partial charge in [0.05, 0.1) is 11.9 Å². The Bertz CT molecular complexity index is 1260. The van der Waals surface area contributed by atoms with E-state index < -0.39 is 21.6 Å². The summed E-state index contributed by atoms with van der Waals surface area (Å²) in [6, 6.07) is 9.82. The molecule has 7 nitrogen and oxygen atoms in total. The molecule has 1 N–H and O–H groups in total. The predicted octanol–water partition coefficient (Wildman–Crippen LogP) is 5.88. The number of benzene rings is 2. The molecule has 0 aliphatic heterocycles. The Morgan fingerprint density at radius 1 is 1.08 bits per heavy atom. The highest BCUT2D eigenvalue weighted by Gasteiger charge is 2.31. The lowest BCUT2D eigenvalue weighted by molar-refractivity contribution is -0.142. The van der Waals surface area contributed by atoms with Gasteiger partial charge < -0.3 is 10.2 Å². The number of hydrogen-bond donors (Lipinski definition) is 1. The van der Waals surface area contributed by atoms with E-state index in [1.165, 1.54) is 9.21 Å². The van der Waals surface area contributed by atoms with E-state index in [9.17, 15) is 18.0 Å². The van der Waals surface area contributed by atoms with Crippen LogP contribution in [0.4, 0.5) is 5.69 Å². The second kappa shape index (κ2) is 13.2. The minimum Gasteiger partial charge on any atom is -0.350 e. The van der Waals surface area contributed by atoms with Crippen molar-refractivity contribution < 1.29 is 18.0 Å². The number of hydrogen-bond acceptors (Lipinski definition) is 4. The molecule has 2 amide bonds. The summed E-state index contributed by atoms with van der Waals surface area (Å²) in [5.74, 6) is -0.520. The normalized spacial score (nSPS) is 12.7. The van der Waals surface area contributed by atoms with Crippen LogP contribution in [0.15, 0.2) is 36.4 Å². The van der Waals surface area contributed by atoms with Crippen LogP contribution >= 0.6 is 23.2 Å². The number of anilines is 1. The largest absolute Gasteiger partial charge is 0.350 e. The third kappa shape index (κ3) is 8.89. The van der Waals surface area contributed by atoms with Gasteiger partial charge in [0.2, 0.25) is 21.8 Å². The SMILES string of the molecule is CC[C@@H](C(=O)NC(C)(C)C)N(Cc1ccc(Cl)cc1Cl)C(=O)CCCN(c1cccc(C)c1C)S(C)(=O)=O. The zero-order valence-electron chi connectivity index (χ0n) is 23.3. The Labute approximate surface area is 237 Å². The fourth-order valence-corrected chi connectivity index (χ4v) is 5.68. The summed E-state index contributed by atoms with van der Waals surface area (Å²) in [6.07, 6.45) is 1.90. The Balaban J connectivity index is 2.31. The van der Waals surface area contributed by atoms with Crippen LogP contribution in [0.25, 0.3) is 0 Å². The molecule has 0 heterocycles. The lowest BCUT2D eigenvalue weighted by Gasteiger charge is -2.33. The average molecular weight is 585 g/mol. The zero-order valence-corrected chi connectivity index (χ0v) is 25.6. The van der Waals surface area contributed by atoms with E-state index >= 15 is 0 Å². The average Bonchev–Trinajstić information content (AvgIpc) is 2.78. The van der Waals surface area contributed by atoms with E-state index in [-0.39, 0.29) is 37.7 Å². The van der Waals surface area contributed by atoms with Crippen LogP contribution in [0.3, 0.4) is 0 Å². The topological polar surface area (TPSA) is 86.8 Å². The molecule has 2 aromatic carbocycles. The third-order valence-electron chi connectivity index (χ3n) is 6.24. The molecule has 2 aromatic rings. The van der Waals surface area contributed by atoms with Crippen LogP contribution in [-0.2, 0) is 26.2 Å². The minimum atomic E-state index is -3.57. The van der Waals surface area contributed by atoms with Crippen molar-refractivity contribution in [3.63, 3.8) is 0 Å².